The van der Waals surface area contributed by atoms with Crippen LogP contribution in [0.4, 0.5) is 17.6 Å². The minimum atomic E-state index is -1.76. The first-order valence-electron chi connectivity index (χ1n) is 13.3. The van der Waals surface area contributed by atoms with Gasteiger partial charge in [-0.3, -0.25) is 4.44 Å². The van der Waals surface area contributed by atoms with E-state index in [1.807, 2.05) is 36.4 Å². The predicted octanol–water partition coefficient (Wildman–Crippen LogP) is 9.37. The van der Waals surface area contributed by atoms with Gasteiger partial charge in [-0.15, -0.1) is 0 Å². The number of hydrogen-bond acceptors (Lipinski definition) is 1. The molecule has 0 radical (unpaired) electrons. The first-order valence-corrected chi connectivity index (χ1v) is 16.1. The highest BCUT2D eigenvalue weighted by Crippen LogP contribution is 2.76. The molecule has 1 saturated heterocycles. The molecule has 5 rings (SSSR count). The van der Waals surface area contributed by atoms with E-state index in [1.54, 1.807) is 0 Å². The molecule has 2 atom stereocenters. The molecule has 1 nitrogen and oxygen atoms in total. The zero-order chi connectivity index (χ0) is 27.4. The Morgan fingerprint density at radius 3 is 1.56 bits per heavy atom. The Morgan fingerprint density at radius 1 is 0.692 bits per heavy atom. The summed E-state index contributed by atoms with van der Waals surface area (Å²) in [6.07, 6.45) is 3.66. The van der Waals surface area contributed by atoms with Gasteiger partial charge in [0.25, 0.3) is 0 Å². The summed E-state index contributed by atoms with van der Waals surface area (Å²) >= 11 is 0. The molecule has 0 aliphatic carbocycles. The Hall–Kier alpha value is -2.58. The zero-order valence-corrected chi connectivity index (χ0v) is 23.6. The first-order chi connectivity index (χ1) is 19.0. The topological polar surface area (TPSA) is 3.24 Å². The van der Waals surface area contributed by atoms with Crippen LogP contribution in [0.25, 0.3) is 0 Å². The maximum absolute atomic E-state index is 15.6. The molecule has 0 spiro atoms. The fourth-order valence-electron chi connectivity index (χ4n) is 5.41. The Bertz CT molecular complexity index is 1290. The van der Waals surface area contributed by atoms with Crippen molar-refractivity contribution in [1.82, 2.24) is 4.44 Å². The summed E-state index contributed by atoms with van der Waals surface area (Å²) in [6.45, 7) is 2.73. The van der Waals surface area contributed by atoms with E-state index in [-0.39, 0.29) is 21.9 Å². The van der Waals surface area contributed by atoms with Gasteiger partial charge in [-0.05, 0) is 62.7 Å². The van der Waals surface area contributed by atoms with Crippen molar-refractivity contribution in [2.75, 3.05) is 6.54 Å². The molecule has 0 amide bonds. The zero-order valence-electron chi connectivity index (χ0n) is 21.8. The number of hydrogen-bond donors (Lipinski definition) is 0. The summed E-state index contributed by atoms with van der Waals surface area (Å²) in [7, 11) is -2.74. The number of halogens is 4. The molecule has 0 saturated carbocycles. The van der Waals surface area contributed by atoms with Crippen molar-refractivity contribution in [2.45, 2.75) is 43.9 Å². The van der Waals surface area contributed by atoms with Gasteiger partial charge < -0.3 is 0 Å². The monoisotopic (exact) mass is 567 g/mol. The van der Waals surface area contributed by atoms with Crippen molar-refractivity contribution >= 4 is 26.8 Å². The molecule has 1 fully saturated rings. The van der Waals surface area contributed by atoms with Gasteiger partial charge in [0, 0.05) is 48.7 Å². The molecular weight excluding hydrogens is 536 g/mol. The Morgan fingerprint density at radius 2 is 1.15 bits per heavy atom. The third kappa shape index (κ3) is 6.12. The fourth-order valence-corrected chi connectivity index (χ4v) is 12.9. The van der Waals surface area contributed by atoms with E-state index in [2.05, 4.69) is 35.6 Å². The average molecular weight is 568 g/mol. The predicted molar refractivity (Wildman–Crippen MR) is 155 cm³/mol. The summed E-state index contributed by atoms with van der Waals surface area (Å²) in [5.41, 5.74) is 2.83. The summed E-state index contributed by atoms with van der Waals surface area (Å²) < 4.78 is 61.6. The van der Waals surface area contributed by atoms with Crippen LogP contribution in [0.15, 0.2) is 97.1 Å². The van der Waals surface area contributed by atoms with Crippen LogP contribution < -0.4 is 10.6 Å². The second kappa shape index (κ2) is 12.7. The molecule has 39 heavy (non-hydrogen) atoms. The lowest BCUT2D eigenvalue weighted by atomic mass is 10.0. The van der Waals surface area contributed by atoms with Crippen LogP contribution in [0.2, 0.25) is 0 Å². The van der Waals surface area contributed by atoms with Crippen LogP contribution in [0.5, 0.6) is 0 Å². The largest absolute Gasteiger partial charge is 0.251 e. The van der Waals surface area contributed by atoms with Crippen molar-refractivity contribution in [2.24, 2.45) is 0 Å². The van der Waals surface area contributed by atoms with Gasteiger partial charge in [-0.25, -0.2) is 17.6 Å². The molecular formula is C32H31F4NP2. The van der Waals surface area contributed by atoms with Crippen LogP contribution in [-0.4, -0.2) is 11.0 Å². The summed E-state index contributed by atoms with van der Waals surface area (Å²) in [4.78, 5) is 0. The van der Waals surface area contributed by atoms with E-state index in [1.165, 1.54) is 35.4 Å². The lowest BCUT2D eigenvalue weighted by Gasteiger charge is -2.42. The maximum Gasteiger partial charge on any atom is 0.135 e. The van der Waals surface area contributed by atoms with Crippen molar-refractivity contribution < 1.29 is 17.6 Å². The highest BCUT2D eigenvalue weighted by atomic mass is 31.2. The van der Waals surface area contributed by atoms with Gasteiger partial charge in [-0.1, -0.05) is 74.0 Å². The Labute approximate surface area is 230 Å². The molecule has 7 heteroatoms. The van der Waals surface area contributed by atoms with Gasteiger partial charge >= 0.3 is 0 Å². The first kappa shape index (κ1) is 28.0. The van der Waals surface area contributed by atoms with Gasteiger partial charge in [0.1, 0.15) is 23.3 Å². The maximum atomic E-state index is 15.6. The van der Waals surface area contributed by atoms with Crippen LogP contribution >= 0.6 is 16.1 Å². The average Bonchev–Trinajstić information content (AvgIpc) is 3.38. The van der Waals surface area contributed by atoms with Crippen LogP contribution in [-0.2, 0) is 0 Å². The van der Waals surface area contributed by atoms with Crippen molar-refractivity contribution in [1.29, 1.82) is 0 Å². The van der Waals surface area contributed by atoms with Gasteiger partial charge in [0.2, 0.25) is 0 Å². The van der Waals surface area contributed by atoms with Crippen molar-refractivity contribution in [3.8, 4) is 0 Å². The van der Waals surface area contributed by atoms with Crippen LogP contribution in [0.3, 0.4) is 0 Å². The normalized spacial score (nSPS) is 19.2. The quantitative estimate of drug-likeness (QED) is 0.144. The third-order valence-corrected chi connectivity index (χ3v) is 13.8. The Balaban J connectivity index is 1.72. The van der Waals surface area contributed by atoms with Crippen molar-refractivity contribution in [3.05, 3.63) is 131 Å². The van der Waals surface area contributed by atoms with E-state index in [9.17, 15) is 8.78 Å². The summed E-state index contributed by atoms with van der Waals surface area (Å²) in [6, 6.07) is 27.8. The second-order valence-electron chi connectivity index (χ2n) is 9.76. The van der Waals surface area contributed by atoms with Gasteiger partial charge in [0.15, 0.2) is 0 Å². The number of rotatable bonds is 9. The highest BCUT2D eigenvalue weighted by Gasteiger charge is 2.45. The van der Waals surface area contributed by atoms with Gasteiger partial charge in [-0.2, -0.15) is 0 Å². The lowest BCUT2D eigenvalue weighted by Crippen LogP contribution is -2.30. The van der Waals surface area contributed by atoms with E-state index < -0.39 is 39.4 Å². The fraction of sp³-hybridized carbons (Fsp3) is 0.250. The number of nitrogens with zero attached hydrogens (tertiary/aromatic N) is 1. The summed E-state index contributed by atoms with van der Waals surface area (Å²) in [5, 5.41) is 0.530. The minimum absolute atomic E-state index is 0.195. The molecule has 202 valence electrons. The molecule has 4 aromatic carbocycles. The van der Waals surface area contributed by atoms with Crippen LogP contribution in [0, 0.1) is 23.3 Å². The second-order valence-corrected chi connectivity index (χ2v) is 14.6. The summed E-state index contributed by atoms with van der Waals surface area (Å²) in [5.74, 6) is -2.76. The van der Waals surface area contributed by atoms with E-state index in [0.29, 0.717) is 6.54 Å². The molecule has 0 aromatic heterocycles. The van der Waals surface area contributed by atoms with E-state index >= 15 is 8.78 Å². The van der Waals surface area contributed by atoms with Crippen molar-refractivity contribution in [3.63, 3.8) is 0 Å². The molecule has 1 heterocycles. The lowest BCUT2D eigenvalue weighted by molar-refractivity contribution is 0.584. The van der Waals surface area contributed by atoms with Crippen LogP contribution in [0.1, 0.15) is 55.1 Å². The van der Waals surface area contributed by atoms with E-state index in [4.69, 9.17) is 0 Å². The number of benzene rings is 4. The molecule has 1 aliphatic heterocycles. The SMILES string of the molecule is CCCCN(P(c1ccc(F)cc1F)c1ccc(F)cc1F)P1C(c2ccccc2)CCC1c1ccccc1. The molecule has 0 bridgehead atoms. The Kier molecular flexibility index (Phi) is 9.13. The standard InChI is InChI=1S/C32H31F4NP2/c1-2-3-20-37(39(31-16-14-25(33)21-27(31)35)32-17-15-26(34)22-28(32)36)38-29(23-10-6-4-7-11-23)18-19-30(38)24-12-8-5-9-13-24/h4-17,21-22,29-30H,2-3,18-20H2,1H3. The number of unbranched alkanes of at least 4 members (excludes halogenated alkanes) is 1. The smallest absolute Gasteiger partial charge is 0.135 e. The minimum Gasteiger partial charge on any atom is -0.251 e. The third-order valence-electron chi connectivity index (χ3n) is 7.21. The molecule has 2 unspecified atom stereocenters. The molecule has 4 aromatic rings. The molecule has 1 aliphatic rings. The highest BCUT2D eigenvalue weighted by molar-refractivity contribution is 7.79. The van der Waals surface area contributed by atoms with Gasteiger partial charge in [0.05, 0.1) is 0 Å². The molecule has 0 N–H and O–H groups in total. The van der Waals surface area contributed by atoms with E-state index in [0.717, 1.165) is 37.8 Å².